The zero-order valence-electron chi connectivity index (χ0n) is 15.8. The molecule has 1 aromatic carbocycles. The van der Waals surface area contributed by atoms with Gasteiger partial charge in [0.25, 0.3) is 5.69 Å². The standard InChI is InChI=1S/C21H23N3O4/c1-12-4-2-3-9-22(12)16-8-7-15(11-17(16)24(27)28)23-20(25)18-13-5-6-14(10-13)19(18)21(23)26/h5-8,11-14,18-19H,2-4,9-10H2,1H3/t12-,13-,14-,18-,19+/m0/s1. The van der Waals surface area contributed by atoms with E-state index < -0.39 is 4.92 Å². The highest BCUT2D eigenvalue weighted by Gasteiger charge is 2.59. The van der Waals surface area contributed by atoms with Gasteiger partial charge in [0.05, 0.1) is 22.4 Å². The quantitative estimate of drug-likeness (QED) is 0.347. The van der Waals surface area contributed by atoms with Crippen LogP contribution >= 0.6 is 0 Å². The Kier molecular flexibility index (Phi) is 3.82. The highest BCUT2D eigenvalue weighted by Crippen LogP contribution is 2.53. The maximum atomic E-state index is 13.0. The molecule has 2 heterocycles. The second kappa shape index (κ2) is 6.15. The minimum Gasteiger partial charge on any atom is -0.363 e. The van der Waals surface area contributed by atoms with E-state index in [2.05, 4.69) is 11.8 Å². The predicted octanol–water partition coefficient (Wildman–Crippen LogP) is 3.29. The van der Waals surface area contributed by atoms with Crippen LogP contribution in [0.25, 0.3) is 0 Å². The summed E-state index contributed by atoms with van der Waals surface area (Å²) in [5, 5.41) is 11.8. The van der Waals surface area contributed by atoms with Gasteiger partial charge in [-0.2, -0.15) is 0 Å². The summed E-state index contributed by atoms with van der Waals surface area (Å²) in [7, 11) is 0. The number of amides is 2. The van der Waals surface area contributed by atoms with E-state index in [4.69, 9.17) is 0 Å². The fraction of sp³-hybridized carbons (Fsp3) is 0.524. The summed E-state index contributed by atoms with van der Waals surface area (Å²) >= 11 is 0. The molecule has 5 rings (SSSR count). The van der Waals surface area contributed by atoms with Crippen molar-refractivity contribution >= 4 is 28.9 Å². The number of piperidine rings is 1. The molecule has 0 radical (unpaired) electrons. The van der Waals surface area contributed by atoms with Gasteiger partial charge >= 0.3 is 0 Å². The van der Waals surface area contributed by atoms with Crippen molar-refractivity contribution < 1.29 is 14.5 Å². The van der Waals surface area contributed by atoms with Crippen molar-refractivity contribution in [3.8, 4) is 0 Å². The van der Waals surface area contributed by atoms with E-state index in [-0.39, 0.29) is 47.2 Å². The van der Waals surface area contributed by atoms with Crippen molar-refractivity contribution in [3.63, 3.8) is 0 Å². The van der Waals surface area contributed by atoms with Crippen molar-refractivity contribution in [2.45, 2.75) is 38.6 Å². The first-order chi connectivity index (χ1) is 13.5. The van der Waals surface area contributed by atoms with Crippen LogP contribution < -0.4 is 9.80 Å². The zero-order valence-corrected chi connectivity index (χ0v) is 15.8. The number of rotatable bonds is 3. The third kappa shape index (κ3) is 2.34. The van der Waals surface area contributed by atoms with E-state index in [1.807, 2.05) is 12.2 Å². The maximum Gasteiger partial charge on any atom is 0.294 e. The Labute approximate surface area is 163 Å². The van der Waals surface area contributed by atoms with Crippen LogP contribution in [0, 0.1) is 33.8 Å². The van der Waals surface area contributed by atoms with Crippen LogP contribution in [0.3, 0.4) is 0 Å². The molecule has 2 aliphatic heterocycles. The number of anilines is 2. The number of hydrogen-bond acceptors (Lipinski definition) is 5. The lowest BCUT2D eigenvalue weighted by Gasteiger charge is -2.35. The van der Waals surface area contributed by atoms with Crippen LogP contribution in [0.1, 0.15) is 32.6 Å². The first-order valence-corrected chi connectivity index (χ1v) is 10.1. The van der Waals surface area contributed by atoms with Crippen molar-refractivity contribution in [1.82, 2.24) is 0 Å². The van der Waals surface area contributed by atoms with Gasteiger partial charge in [-0.1, -0.05) is 12.2 Å². The molecule has 146 valence electrons. The van der Waals surface area contributed by atoms with Crippen molar-refractivity contribution in [3.05, 3.63) is 40.5 Å². The SMILES string of the molecule is C[C@H]1CCCCN1c1ccc(N2C(=O)[C@@H]3[C@H](C2=O)[C@H]2C=C[C@H]3C2)cc1[N+](=O)[O-]. The molecule has 7 nitrogen and oxygen atoms in total. The zero-order chi connectivity index (χ0) is 19.6. The summed E-state index contributed by atoms with van der Waals surface area (Å²) in [6, 6.07) is 5.03. The summed E-state index contributed by atoms with van der Waals surface area (Å²) < 4.78 is 0. The Balaban J connectivity index is 1.51. The molecule has 5 atom stereocenters. The molecule has 0 aromatic heterocycles. The van der Waals surface area contributed by atoms with E-state index >= 15 is 0 Å². The summed E-state index contributed by atoms with van der Waals surface area (Å²) in [4.78, 5) is 40.6. The van der Waals surface area contributed by atoms with Gasteiger partial charge < -0.3 is 4.90 Å². The molecular weight excluding hydrogens is 358 g/mol. The summed E-state index contributed by atoms with van der Waals surface area (Å²) in [6.07, 6.45) is 8.09. The molecule has 1 aromatic rings. The minimum absolute atomic E-state index is 0.0370. The number of nitrogens with zero attached hydrogens (tertiary/aromatic N) is 3. The van der Waals surface area contributed by atoms with Gasteiger partial charge in [-0.15, -0.1) is 0 Å². The normalized spacial score (nSPS) is 33.7. The molecule has 2 amide bonds. The molecule has 2 saturated heterocycles. The first-order valence-electron chi connectivity index (χ1n) is 10.1. The molecule has 1 saturated carbocycles. The fourth-order valence-corrected chi connectivity index (χ4v) is 5.65. The topological polar surface area (TPSA) is 83.8 Å². The number of carbonyl (C=O) groups is 2. The minimum atomic E-state index is -0.405. The Hall–Kier alpha value is -2.70. The van der Waals surface area contributed by atoms with Crippen LogP contribution in [0.2, 0.25) is 0 Å². The molecule has 7 heteroatoms. The highest BCUT2D eigenvalue weighted by molar-refractivity contribution is 6.23. The number of benzene rings is 1. The van der Waals surface area contributed by atoms with E-state index in [0.29, 0.717) is 11.4 Å². The number of imide groups is 1. The number of allylic oxidation sites excluding steroid dienone is 2. The maximum absolute atomic E-state index is 13.0. The monoisotopic (exact) mass is 381 g/mol. The number of hydrogen-bond donors (Lipinski definition) is 0. The average Bonchev–Trinajstić information content (AvgIpc) is 3.36. The number of carbonyl (C=O) groups excluding carboxylic acids is 2. The van der Waals surface area contributed by atoms with E-state index in [1.165, 1.54) is 11.0 Å². The summed E-state index contributed by atoms with van der Waals surface area (Å²) in [6.45, 7) is 2.86. The van der Waals surface area contributed by atoms with Crippen molar-refractivity contribution in [2.24, 2.45) is 23.7 Å². The Morgan fingerprint density at radius 2 is 1.75 bits per heavy atom. The summed E-state index contributed by atoms with van der Waals surface area (Å²) in [5.41, 5.74) is 0.857. The molecule has 4 aliphatic rings. The van der Waals surface area contributed by atoms with Crippen molar-refractivity contribution in [1.29, 1.82) is 0 Å². The van der Waals surface area contributed by atoms with E-state index in [1.54, 1.807) is 12.1 Å². The molecule has 2 bridgehead atoms. The lowest BCUT2D eigenvalue weighted by molar-refractivity contribution is -0.384. The third-order valence-electron chi connectivity index (χ3n) is 7.00. The van der Waals surface area contributed by atoms with Crippen molar-refractivity contribution in [2.75, 3.05) is 16.3 Å². The molecular formula is C21H23N3O4. The van der Waals surface area contributed by atoms with Crippen LogP contribution in [0.15, 0.2) is 30.4 Å². The van der Waals surface area contributed by atoms with Gasteiger partial charge in [-0.05, 0) is 56.6 Å². The Bertz CT molecular complexity index is 881. The van der Waals surface area contributed by atoms with Gasteiger partial charge in [0.15, 0.2) is 0 Å². The van der Waals surface area contributed by atoms with Crippen LogP contribution in [0.4, 0.5) is 17.1 Å². The Morgan fingerprint density at radius 1 is 1.07 bits per heavy atom. The van der Waals surface area contributed by atoms with Gasteiger partial charge in [-0.3, -0.25) is 19.7 Å². The second-order valence-corrected chi connectivity index (χ2v) is 8.48. The van der Waals surface area contributed by atoms with E-state index in [9.17, 15) is 19.7 Å². The number of nitro groups is 1. The molecule has 28 heavy (non-hydrogen) atoms. The largest absolute Gasteiger partial charge is 0.363 e. The smallest absolute Gasteiger partial charge is 0.294 e. The van der Waals surface area contributed by atoms with Crippen LogP contribution in [-0.4, -0.2) is 29.3 Å². The molecule has 0 spiro atoms. The molecule has 2 aliphatic carbocycles. The van der Waals surface area contributed by atoms with Crippen LogP contribution in [0.5, 0.6) is 0 Å². The number of nitro benzene ring substituents is 1. The Morgan fingerprint density at radius 3 is 2.36 bits per heavy atom. The third-order valence-corrected chi connectivity index (χ3v) is 7.00. The van der Waals surface area contributed by atoms with Gasteiger partial charge in [-0.25, -0.2) is 4.90 Å². The lowest BCUT2D eigenvalue weighted by atomic mass is 9.85. The molecule has 3 fully saturated rings. The fourth-order valence-electron chi connectivity index (χ4n) is 5.65. The van der Waals surface area contributed by atoms with Gasteiger partial charge in [0.1, 0.15) is 5.69 Å². The highest BCUT2D eigenvalue weighted by atomic mass is 16.6. The van der Waals surface area contributed by atoms with Crippen LogP contribution in [-0.2, 0) is 9.59 Å². The molecule has 0 N–H and O–H groups in total. The first kappa shape index (κ1) is 17.4. The number of fused-ring (bicyclic) bond motifs is 5. The second-order valence-electron chi connectivity index (χ2n) is 8.48. The summed E-state index contributed by atoms with van der Waals surface area (Å²) in [5.74, 6) is -0.771. The average molecular weight is 381 g/mol. The van der Waals surface area contributed by atoms with Gasteiger partial charge in [0.2, 0.25) is 11.8 Å². The van der Waals surface area contributed by atoms with Gasteiger partial charge in [0, 0.05) is 18.7 Å². The lowest BCUT2D eigenvalue weighted by Crippen LogP contribution is -2.38. The van der Waals surface area contributed by atoms with E-state index in [0.717, 1.165) is 32.2 Å². The predicted molar refractivity (Wildman–Crippen MR) is 104 cm³/mol. The molecule has 0 unspecified atom stereocenters.